The number of anilines is 1. The molecule has 2 amide bonds. The molecule has 0 aliphatic carbocycles. The van der Waals surface area contributed by atoms with E-state index in [-0.39, 0.29) is 11.8 Å². The summed E-state index contributed by atoms with van der Waals surface area (Å²) in [5.74, 6) is 0.280. The van der Waals surface area contributed by atoms with Crippen molar-refractivity contribution in [3.05, 3.63) is 59.1 Å². The highest BCUT2D eigenvalue weighted by Crippen LogP contribution is 2.23. The molecule has 2 aromatic carbocycles. The molecule has 2 rings (SSSR count). The van der Waals surface area contributed by atoms with Crippen molar-refractivity contribution in [2.24, 2.45) is 5.92 Å². The molecular weight excluding hydrogens is 364 g/mol. The van der Waals surface area contributed by atoms with Gasteiger partial charge in [-0.3, -0.25) is 9.59 Å². The lowest BCUT2D eigenvalue weighted by atomic mass is 10.1. The molecule has 27 heavy (non-hydrogen) atoms. The Labute approximate surface area is 165 Å². The Hall–Kier alpha value is -2.53. The minimum Gasteiger partial charge on any atom is -0.478 e. The summed E-state index contributed by atoms with van der Waals surface area (Å²) in [4.78, 5) is 25.2. The van der Waals surface area contributed by atoms with Gasteiger partial charge in [0, 0.05) is 11.6 Å². The van der Waals surface area contributed by atoms with E-state index in [1.165, 1.54) is 0 Å². The van der Waals surface area contributed by atoms with Gasteiger partial charge in [0.25, 0.3) is 11.8 Å². The van der Waals surface area contributed by atoms with Gasteiger partial charge in [0.05, 0.1) is 11.3 Å². The van der Waals surface area contributed by atoms with Crippen LogP contribution in [0.4, 0.5) is 5.69 Å². The summed E-state index contributed by atoms with van der Waals surface area (Å²) in [5.41, 5.74) is -0.291. The second-order valence-corrected chi connectivity index (χ2v) is 7.61. The van der Waals surface area contributed by atoms with E-state index in [0.29, 0.717) is 34.5 Å². The summed E-state index contributed by atoms with van der Waals surface area (Å²) >= 11 is 5.87. The molecule has 0 spiro atoms. The Morgan fingerprint density at radius 1 is 1.07 bits per heavy atom. The second-order valence-electron chi connectivity index (χ2n) is 7.17. The van der Waals surface area contributed by atoms with Gasteiger partial charge in [-0.2, -0.15) is 0 Å². The van der Waals surface area contributed by atoms with Gasteiger partial charge < -0.3 is 15.4 Å². The predicted octanol–water partition coefficient (Wildman–Crippen LogP) is 4.52. The van der Waals surface area contributed by atoms with Crippen molar-refractivity contribution in [1.29, 1.82) is 0 Å². The maximum absolute atomic E-state index is 12.8. The summed E-state index contributed by atoms with van der Waals surface area (Å²) in [7, 11) is 0. The van der Waals surface area contributed by atoms with Crippen molar-refractivity contribution in [3.63, 3.8) is 0 Å². The lowest BCUT2D eigenvalue weighted by Crippen LogP contribution is -2.43. The van der Waals surface area contributed by atoms with E-state index in [1.54, 1.807) is 62.4 Å². The molecule has 0 saturated carbocycles. The molecule has 144 valence electrons. The lowest BCUT2D eigenvalue weighted by Gasteiger charge is -2.26. The highest BCUT2D eigenvalue weighted by atomic mass is 35.5. The third kappa shape index (κ3) is 6.00. The van der Waals surface area contributed by atoms with Gasteiger partial charge in [-0.1, -0.05) is 37.6 Å². The first-order chi connectivity index (χ1) is 12.7. The van der Waals surface area contributed by atoms with E-state index in [9.17, 15) is 9.59 Å². The fourth-order valence-electron chi connectivity index (χ4n) is 2.30. The Balaban J connectivity index is 2.12. The van der Waals surface area contributed by atoms with Gasteiger partial charge in [-0.25, -0.2) is 0 Å². The number of ether oxygens (including phenoxy) is 1. The minimum atomic E-state index is -1.14. The Morgan fingerprint density at radius 3 is 2.33 bits per heavy atom. The third-order valence-corrected chi connectivity index (χ3v) is 4.08. The van der Waals surface area contributed by atoms with Crippen molar-refractivity contribution >= 4 is 29.1 Å². The topological polar surface area (TPSA) is 67.4 Å². The standard InChI is InChI=1S/C21H25ClN2O3/c1-14(2)13-23-19(25)17-7-5-6-8-18(17)24-20(26)21(3,4)27-16-11-9-15(22)10-12-16/h5-12,14H,13H2,1-4H3,(H,23,25)(H,24,26). The largest absolute Gasteiger partial charge is 0.478 e. The molecule has 5 nitrogen and oxygen atoms in total. The van der Waals surface area contributed by atoms with Crippen LogP contribution in [0.3, 0.4) is 0 Å². The number of halogens is 1. The zero-order valence-corrected chi connectivity index (χ0v) is 16.8. The molecule has 0 fully saturated rings. The molecule has 0 saturated heterocycles. The van der Waals surface area contributed by atoms with E-state index in [0.717, 1.165) is 0 Å². The number of hydrogen-bond acceptors (Lipinski definition) is 3. The van der Waals surface area contributed by atoms with Crippen molar-refractivity contribution in [1.82, 2.24) is 5.32 Å². The van der Waals surface area contributed by atoms with Crippen LogP contribution < -0.4 is 15.4 Å². The Kier molecular flexibility index (Phi) is 6.86. The van der Waals surface area contributed by atoms with Crippen LogP contribution in [-0.4, -0.2) is 24.0 Å². The zero-order chi connectivity index (χ0) is 20.0. The molecule has 0 aliphatic rings. The molecule has 0 radical (unpaired) electrons. The van der Waals surface area contributed by atoms with Crippen LogP contribution in [-0.2, 0) is 4.79 Å². The number of nitrogens with one attached hydrogen (secondary N) is 2. The molecule has 0 unspecified atom stereocenters. The molecule has 0 aromatic heterocycles. The fraction of sp³-hybridized carbons (Fsp3) is 0.333. The average Bonchev–Trinajstić information content (AvgIpc) is 2.62. The monoisotopic (exact) mass is 388 g/mol. The van der Waals surface area contributed by atoms with Crippen LogP contribution in [0, 0.1) is 5.92 Å². The highest BCUT2D eigenvalue weighted by molar-refractivity contribution is 6.30. The summed E-state index contributed by atoms with van der Waals surface area (Å²) < 4.78 is 5.80. The van der Waals surface area contributed by atoms with Gasteiger partial charge in [0.15, 0.2) is 5.60 Å². The normalized spacial score (nSPS) is 11.2. The predicted molar refractivity (Wildman–Crippen MR) is 108 cm³/mol. The number of rotatable bonds is 7. The average molecular weight is 389 g/mol. The van der Waals surface area contributed by atoms with Crippen molar-refractivity contribution in [3.8, 4) is 5.75 Å². The minimum absolute atomic E-state index is 0.226. The van der Waals surface area contributed by atoms with Crippen LogP contribution in [0.2, 0.25) is 5.02 Å². The Morgan fingerprint density at radius 2 is 1.70 bits per heavy atom. The van der Waals surface area contributed by atoms with E-state index in [2.05, 4.69) is 10.6 Å². The molecule has 0 bridgehead atoms. The van der Waals surface area contributed by atoms with E-state index in [4.69, 9.17) is 16.3 Å². The van der Waals surface area contributed by atoms with E-state index >= 15 is 0 Å². The third-order valence-electron chi connectivity index (χ3n) is 3.82. The first kappa shape index (κ1) is 20.8. The second kappa shape index (κ2) is 8.91. The van der Waals surface area contributed by atoms with Crippen LogP contribution >= 0.6 is 11.6 Å². The quantitative estimate of drug-likeness (QED) is 0.732. The smallest absolute Gasteiger partial charge is 0.267 e. The number of para-hydroxylation sites is 1. The highest BCUT2D eigenvalue weighted by Gasteiger charge is 2.31. The van der Waals surface area contributed by atoms with Gasteiger partial charge in [-0.15, -0.1) is 0 Å². The molecule has 0 heterocycles. The van der Waals surface area contributed by atoms with Crippen molar-refractivity contribution < 1.29 is 14.3 Å². The molecule has 6 heteroatoms. The van der Waals surface area contributed by atoms with E-state index in [1.807, 2.05) is 13.8 Å². The number of hydrogen-bond donors (Lipinski definition) is 2. The first-order valence-corrected chi connectivity index (χ1v) is 9.20. The first-order valence-electron chi connectivity index (χ1n) is 8.82. The summed E-state index contributed by atoms with van der Waals surface area (Å²) in [6.07, 6.45) is 0. The maximum atomic E-state index is 12.8. The zero-order valence-electron chi connectivity index (χ0n) is 16.0. The number of carbonyl (C=O) groups excluding carboxylic acids is 2. The Bertz CT molecular complexity index is 801. The van der Waals surface area contributed by atoms with Gasteiger partial charge >= 0.3 is 0 Å². The summed E-state index contributed by atoms with van der Waals surface area (Å²) in [6, 6.07) is 13.7. The number of amides is 2. The van der Waals surface area contributed by atoms with Crippen molar-refractivity contribution in [2.75, 3.05) is 11.9 Å². The van der Waals surface area contributed by atoms with Gasteiger partial charge in [0.1, 0.15) is 5.75 Å². The summed E-state index contributed by atoms with van der Waals surface area (Å²) in [6.45, 7) is 7.93. The lowest BCUT2D eigenvalue weighted by molar-refractivity contribution is -0.128. The SMILES string of the molecule is CC(C)CNC(=O)c1ccccc1NC(=O)C(C)(C)Oc1ccc(Cl)cc1. The number of benzene rings is 2. The van der Waals surface area contributed by atoms with E-state index < -0.39 is 5.60 Å². The molecule has 2 N–H and O–H groups in total. The number of carbonyl (C=O) groups is 2. The summed E-state index contributed by atoms with van der Waals surface area (Å²) in [5, 5.41) is 6.25. The van der Waals surface area contributed by atoms with Crippen LogP contribution in [0.1, 0.15) is 38.1 Å². The van der Waals surface area contributed by atoms with Crippen molar-refractivity contribution in [2.45, 2.75) is 33.3 Å². The van der Waals surface area contributed by atoms with Gasteiger partial charge in [0.2, 0.25) is 0 Å². The maximum Gasteiger partial charge on any atom is 0.267 e. The van der Waals surface area contributed by atoms with Crippen LogP contribution in [0.25, 0.3) is 0 Å². The molecule has 0 atom stereocenters. The molecule has 2 aromatic rings. The fourth-order valence-corrected chi connectivity index (χ4v) is 2.42. The van der Waals surface area contributed by atoms with Gasteiger partial charge in [-0.05, 0) is 56.2 Å². The van der Waals surface area contributed by atoms with Crippen LogP contribution in [0.15, 0.2) is 48.5 Å². The molecule has 0 aliphatic heterocycles. The van der Waals surface area contributed by atoms with Crippen LogP contribution in [0.5, 0.6) is 5.75 Å². The molecular formula is C21H25ClN2O3.